The third-order valence-corrected chi connectivity index (χ3v) is 3.53. The van der Waals surface area contributed by atoms with Crippen LogP contribution in [0.5, 0.6) is 0 Å². The van der Waals surface area contributed by atoms with Crippen molar-refractivity contribution in [1.29, 1.82) is 0 Å². The van der Waals surface area contributed by atoms with E-state index < -0.39 is 0 Å². The number of amides is 1. The molecule has 0 aromatic heterocycles. The molecule has 0 spiro atoms. The summed E-state index contributed by atoms with van der Waals surface area (Å²) in [6, 6.07) is 0. The van der Waals surface area contributed by atoms with Crippen LogP contribution < -0.4 is 5.32 Å². The molecule has 0 aliphatic rings. The molecule has 0 heterocycles. The molecule has 0 aromatic carbocycles. The molecule has 4 nitrogen and oxygen atoms in total. The Kier molecular flexibility index (Phi) is 8.42. The highest BCUT2D eigenvalue weighted by molar-refractivity contribution is 5.83. The fraction of sp³-hybridized carbons (Fsp3) is 0.857. The van der Waals surface area contributed by atoms with Gasteiger partial charge in [0.15, 0.2) is 0 Å². The second-order valence-electron chi connectivity index (χ2n) is 4.82. The Morgan fingerprint density at radius 2 is 1.56 bits per heavy atom. The Labute approximate surface area is 110 Å². The van der Waals surface area contributed by atoms with E-state index in [1.165, 1.54) is 0 Å². The molecule has 0 aliphatic heterocycles. The maximum atomic E-state index is 12.1. The van der Waals surface area contributed by atoms with Gasteiger partial charge in [-0.25, -0.2) is 0 Å². The van der Waals surface area contributed by atoms with Gasteiger partial charge in [-0.15, -0.1) is 0 Å². The Balaban J connectivity index is 4.43. The topological polar surface area (TPSA) is 55.4 Å². The molecule has 0 saturated carbocycles. The Hall–Kier alpha value is -1.06. The van der Waals surface area contributed by atoms with Crippen LogP contribution in [0.25, 0.3) is 0 Å². The highest BCUT2D eigenvalue weighted by atomic mass is 16.5. The van der Waals surface area contributed by atoms with Crippen molar-refractivity contribution >= 4 is 11.9 Å². The van der Waals surface area contributed by atoms with Gasteiger partial charge in [0.2, 0.25) is 5.91 Å². The SMILES string of the molecule is CCOC(=O)CNC(=O)C(C(C)CC)C(C)CC. The lowest BCUT2D eigenvalue weighted by Gasteiger charge is -2.27. The fourth-order valence-corrected chi connectivity index (χ4v) is 2.07. The average Bonchev–Trinajstić information content (AvgIpc) is 2.36. The molecule has 4 heteroatoms. The molecule has 0 saturated heterocycles. The number of carbonyl (C=O) groups excluding carboxylic acids is 2. The zero-order valence-corrected chi connectivity index (χ0v) is 12.3. The Morgan fingerprint density at radius 1 is 1.06 bits per heavy atom. The van der Waals surface area contributed by atoms with E-state index in [1.54, 1.807) is 6.92 Å². The van der Waals surface area contributed by atoms with Crippen molar-refractivity contribution in [3.63, 3.8) is 0 Å². The smallest absolute Gasteiger partial charge is 0.325 e. The Morgan fingerprint density at radius 3 is 1.94 bits per heavy atom. The van der Waals surface area contributed by atoms with Gasteiger partial charge in [0, 0.05) is 5.92 Å². The molecule has 0 fully saturated rings. The maximum absolute atomic E-state index is 12.1. The van der Waals surface area contributed by atoms with Crippen LogP contribution in [0.2, 0.25) is 0 Å². The van der Waals surface area contributed by atoms with E-state index in [0.717, 1.165) is 12.8 Å². The van der Waals surface area contributed by atoms with E-state index in [4.69, 9.17) is 4.74 Å². The second-order valence-corrected chi connectivity index (χ2v) is 4.82. The first kappa shape index (κ1) is 16.9. The van der Waals surface area contributed by atoms with Gasteiger partial charge in [0.1, 0.15) is 6.54 Å². The van der Waals surface area contributed by atoms with Gasteiger partial charge in [-0.2, -0.15) is 0 Å². The van der Waals surface area contributed by atoms with Gasteiger partial charge < -0.3 is 10.1 Å². The summed E-state index contributed by atoms with van der Waals surface area (Å²) in [5.74, 6) is 0.198. The van der Waals surface area contributed by atoms with Crippen LogP contribution in [0, 0.1) is 17.8 Å². The highest BCUT2D eigenvalue weighted by Crippen LogP contribution is 2.26. The third kappa shape index (κ3) is 5.52. The molecular weight excluding hydrogens is 230 g/mol. The predicted octanol–water partition coefficient (Wildman–Crippen LogP) is 2.37. The lowest BCUT2D eigenvalue weighted by molar-refractivity contribution is -0.144. The molecule has 0 bridgehead atoms. The summed E-state index contributed by atoms with van der Waals surface area (Å²) < 4.78 is 4.79. The first-order valence-corrected chi connectivity index (χ1v) is 6.91. The predicted molar refractivity (Wildman–Crippen MR) is 72.0 cm³/mol. The first-order chi connectivity index (χ1) is 8.47. The number of carbonyl (C=O) groups is 2. The lowest BCUT2D eigenvalue weighted by atomic mass is 9.80. The van der Waals surface area contributed by atoms with Crippen molar-refractivity contribution in [2.75, 3.05) is 13.2 Å². The summed E-state index contributed by atoms with van der Waals surface area (Å²) >= 11 is 0. The highest BCUT2D eigenvalue weighted by Gasteiger charge is 2.28. The summed E-state index contributed by atoms with van der Waals surface area (Å²) in [5, 5.41) is 2.68. The Bertz CT molecular complexity index is 256. The molecule has 0 rings (SSSR count). The number of ether oxygens (including phenoxy) is 1. The zero-order chi connectivity index (χ0) is 14.1. The van der Waals surface area contributed by atoms with Crippen LogP contribution in [0.15, 0.2) is 0 Å². The number of esters is 1. The number of hydrogen-bond donors (Lipinski definition) is 1. The minimum Gasteiger partial charge on any atom is -0.465 e. The van der Waals surface area contributed by atoms with Crippen LogP contribution in [0.3, 0.4) is 0 Å². The summed E-state index contributed by atoms with van der Waals surface area (Å²) in [4.78, 5) is 23.3. The number of hydrogen-bond acceptors (Lipinski definition) is 3. The summed E-state index contributed by atoms with van der Waals surface area (Å²) in [5.41, 5.74) is 0. The van der Waals surface area contributed by atoms with Gasteiger partial charge in [-0.05, 0) is 18.8 Å². The largest absolute Gasteiger partial charge is 0.465 e. The molecular formula is C14H27NO3. The normalized spacial score (nSPS) is 15.6. The van der Waals surface area contributed by atoms with E-state index in [-0.39, 0.29) is 24.3 Å². The third-order valence-electron chi connectivity index (χ3n) is 3.53. The summed E-state index contributed by atoms with van der Waals surface area (Å²) in [6.45, 7) is 10.4. The monoisotopic (exact) mass is 257 g/mol. The summed E-state index contributed by atoms with van der Waals surface area (Å²) in [7, 11) is 0. The lowest BCUT2D eigenvalue weighted by Crippen LogP contribution is -2.40. The maximum Gasteiger partial charge on any atom is 0.325 e. The molecule has 0 radical (unpaired) electrons. The van der Waals surface area contributed by atoms with Crippen molar-refractivity contribution < 1.29 is 14.3 Å². The molecule has 2 unspecified atom stereocenters. The standard InChI is InChI=1S/C14H27NO3/c1-6-10(4)13(11(5)7-2)14(17)15-9-12(16)18-8-3/h10-11,13H,6-9H2,1-5H3,(H,15,17). The first-order valence-electron chi connectivity index (χ1n) is 6.91. The van der Waals surface area contributed by atoms with Gasteiger partial charge >= 0.3 is 5.97 Å². The van der Waals surface area contributed by atoms with Crippen molar-refractivity contribution in [3.05, 3.63) is 0 Å². The molecule has 0 aliphatic carbocycles. The van der Waals surface area contributed by atoms with Crippen molar-refractivity contribution in [2.45, 2.75) is 47.5 Å². The molecule has 2 atom stereocenters. The van der Waals surface area contributed by atoms with Crippen LogP contribution in [-0.4, -0.2) is 25.0 Å². The average molecular weight is 257 g/mol. The minimum atomic E-state index is -0.377. The van der Waals surface area contributed by atoms with E-state index in [9.17, 15) is 9.59 Å². The number of rotatable bonds is 8. The molecule has 18 heavy (non-hydrogen) atoms. The van der Waals surface area contributed by atoms with Crippen molar-refractivity contribution in [3.8, 4) is 0 Å². The molecule has 0 aromatic rings. The quantitative estimate of drug-likeness (QED) is 0.679. The van der Waals surface area contributed by atoms with E-state index in [0.29, 0.717) is 18.4 Å². The van der Waals surface area contributed by atoms with Gasteiger partial charge in [0.05, 0.1) is 6.61 Å². The van der Waals surface area contributed by atoms with Crippen LogP contribution in [0.4, 0.5) is 0 Å². The molecule has 106 valence electrons. The van der Waals surface area contributed by atoms with Crippen LogP contribution in [0.1, 0.15) is 47.5 Å². The van der Waals surface area contributed by atoms with Crippen molar-refractivity contribution in [2.24, 2.45) is 17.8 Å². The molecule has 1 amide bonds. The van der Waals surface area contributed by atoms with E-state index in [1.807, 2.05) is 0 Å². The van der Waals surface area contributed by atoms with E-state index in [2.05, 4.69) is 33.0 Å². The van der Waals surface area contributed by atoms with Crippen LogP contribution >= 0.6 is 0 Å². The fourth-order valence-electron chi connectivity index (χ4n) is 2.07. The van der Waals surface area contributed by atoms with Crippen molar-refractivity contribution in [1.82, 2.24) is 5.32 Å². The van der Waals surface area contributed by atoms with Crippen LogP contribution in [-0.2, 0) is 14.3 Å². The number of nitrogens with one attached hydrogen (secondary N) is 1. The van der Waals surface area contributed by atoms with E-state index >= 15 is 0 Å². The summed E-state index contributed by atoms with van der Waals surface area (Å²) in [6.07, 6.45) is 1.92. The second kappa shape index (κ2) is 8.95. The van der Waals surface area contributed by atoms with Gasteiger partial charge in [-0.1, -0.05) is 40.5 Å². The van der Waals surface area contributed by atoms with Gasteiger partial charge in [0.25, 0.3) is 0 Å². The zero-order valence-electron chi connectivity index (χ0n) is 12.3. The minimum absolute atomic E-state index is 0.0317. The van der Waals surface area contributed by atoms with Gasteiger partial charge in [-0.3, -0.25) is 9.59 Å². The molecule has 1 N–H and O–H groups in total.